The minimum atomic E-state index is -3.75. The lowest BCUT2D eigenvalue weighted by Gasteiger charge is -2.31. The fourth-order valence-electron chi connectivity index (χ4n) is 2.34. The Labute approximate surface area is 132 Å². The van der Waals surface area contributed by atoms with Gasteiger partial charge in [0.2, 0.25) is 10.0 Å². The molecule has 1 saturated heterocycles. The number of likely N-dealkylation sites (tertiary alicyclic amines) is 1. The van der Waals surface area contributed by atoms with Crippen molar-refractivity contribution in [3.8, 4) is 0 Å². The highest BCUT2D eigenvalue weighted by Crippen LogP contribution is 2.26. The number of carbonyl (C=O) groups excluding carboxylic acids is 1. The number of anilines is 1. The summed E-state index contributed by atoms with van der Waals surface area (Å²) in [4.78, 5) is 14.0. The Morgan fingerprint density at radius 3 is 2.76 bits per heavy atom. The Hall–Kier alpha value is -1.12. The number of benzene rings is 1. The standard InChI is InChI=1S/C13H18BrN3O3S/c1-9-3-2-6-17(8-9)13(18)16-12-5-4-10(7-11(12)14)21(15,19)20/h4-5,7,9H,2-3,6,8H2,1H3,(H,16,18)(H2,15,19,20). The van der Waals surface area contributed by atoms with E-state index in [1.165, 1.54) is 18.2 Å². The molecule has 1 aromatic carbocycles. The van der Waals surface area contributed by atoms with Gasteiger partial charge in [-0.3, -0.25) is 0 Å². The Morgan fingerprint density at radius 1 is 1.48 bits per heavy atom. The summed E-state index contributed by atoms with van der Waals surface area (Å²) in [5.74, 6) is 0.498. The number of amides is 2. The highest BCUT2D eigenvalue weighted by molar-refractivity contribution is 9.10. The van der Waals surface area contributed by atoms with Crippen LogP contribution in [0.15, 0.2) is 27.6 Å². The second kappa shape index (κ2) is 6.33. The van der Waals surface area contributed by atoms with Crippen molar-refractivity contribution >= 4 is 37.7 Å². The molecule has 3 N–H and O–H groups in total. The normalized spacial score (nSPS) is 19.4. The fraction of sp³-hybridized carbons (Fsp3) is 0.462. The number of hydrogen-bond donors (Lipinski definition) is 2. The number of halogens is 1. The van der Waals surface area contributed by atoms with E-state index in [2.05, 4.69) is 28.2 Å². The maximum Gasteiger partial charge on any atom is 0.321 e. The summed E-state index contributed by atoms with van der Waals surface area (Å²) in [6.45, 7) is 3.60. The number of urea groups is 1. The second-order valence-corrected chi connectivity index (χ2v) is 7.73. The zero-order valence-electron chi connectivity index (χ0n) is 11.7. The molecule has 0 saturated carbocycles. The van der Waals surface area contributed by atoms with Gasteiger partial charge in [0.1, 0.15) is 0 Å². The van der Waals surface area contributed by atoms with Crippen LogP contribution in [-0.2, 0) is 10.0 Å². The minimum absolute atomic E-state index is 0.000955. The first-order chi connectivity index (χ1) is 9.77. The van der Waals surface area contributed by atoms with E-state index in [9.17, 15) is 13.2 Å². The summed E-state index contributed by atoms with van der Waals surface area (Å²) < 4.78 is 23.0. The van der Waals surface area contributed by atoms with Crippen LogP contribution in [0.25, 0.3) is 0 Å². The third kappa shape index (κ3) is 4.18. The molecular weight excluding hydrogens is 358 g/mol. The van der Waals surface area contributed by atoms with Gasteiger partial charge in [-0.15, -0.1) is 0 Å². The van der Waals surface area contributed by atoms with E-state index in [-0.39, 0.29) is 10.9 Å². The molecule has 1 aliphatic heterocycles. The van der Waals surface area contributed by atoms with Crippen LogP contribution in [0.1, 0.15) is 19.8 Å². The lowest BCUT2D eigenvalue weighted by Crippen LogP contribution is -2.41. The van der Waals surface area contributed by atoms with Crippen LogP contribution in [0.5, 0.6) is 0 Å². The van der Waals surface area contributed by atoms with Gasteiger partial charge in [-0.2, -0.15) is 0 Å². The highest BCUT2D eigenvalue weighted by Gasteiger charge is 2.21. The van der Waals surface area contributed by atoms with Crippen molar-refractivity contribution < 1.29 is 13.2 Å². The number of piperidine rings is 1. The average molecular weight is 376 g/mol. The van der Waals surface area contributed by atoms with Crippen LogP contribution < -0.4 is 10.5 Å². The van der Waals surface area contributed by atoms with Crippen molar-refractivity contribution in [2.24, 2.45) is 11.1 Å². The molecule has 0 aliphatic carbocycles. The Balaban J connectivity index is 2.11. The van der Waals surface area contributed by atoms with Gasteiger partial charge in [-0.1, -0.05) is 6.92 Å². The molecule has 1 heterocycles. The van der Waals surface area contributed by atoms with E-state index in [4.69, 9.17) is 5.14 Å². The van der Waals surface area contributed by atoms with Gasteiger partial charge < -0.3 is 10.2 Å². The van der Waals surface area contributed by atoms with Crippen molar-refractivity contribution in [3.63, 3.8) is 0 Å². The monoisotopic (exact) mass is 375 g/mol. The van der Waals surface area contributed by atoms with Gasteiger partial charge >= 0.3 is 6.03 Å². The second-order valence-electron chi connectivity index (χ2n) is 5.31. The number of hydrogen-bond acceptors (Lipinski definition) is 3. The van der Waals surface area contributed by atoms with Crippen molar-refractivity contribution in [1.29, 1.82) is 0 Å². The van der Waals surface area contributed by atoms with Crippen LogP contribution in [-0.4, -0.2) is 32.4 Å². The number of carbonyl (C=O) groups is 1. The van der Waals surface area contributed by atoms with E-state index < -0.39 is 10.0 Å². The Kier molecular flexibility index (Phi) is 4.90. The quantitative estimate of drug-likeness (QED) is 0.830. The van der Waals surface area contributed by atoms with Gasteiger partial charge in [0.05, 0.1) is 10.6 Å². The summed E-state index contributed by atoms with van der Waals surface area (Å²) in [6.07, 6.45) is 2.14. The maximum absolute atomic E-state index is 12.2. The summed E-state index contributed by atoms with van der Waals surface area (Å²) in [7, 11) is -3.75. The van der Waals surface area contributed by atoms with E-state index in [1.807, 2.05) is 0 Å². The lowest BCUT2D eigenvalue weighted by molar-refractivity contribution is 0.182. The predicted molar refractivity (Wildman–Crippen MR) is 84.5 cm³/mol. The molecule has 8 heteroatoms. The third-order valence-corrected chi connectivity index (χ3v) is 5.02. The number of primary sulfonamides is 1. The van der Waals surface area contributed by atoms with Gasteiger partial charge in [0.15, 0.2) is 0 Å². The fourth-order valence-corrected chi connectivity index (χ4v) is 3.51. The van der Waals surface area contributed by atoms with Gasteiger partial charge in [-0.25, -0.2) is 18.4 Å². The van der Waals surface area contributed by atoms with Crippen molar-refractivity contribution in [2.45, 2.75) is 24.7 Å². The molecular formula is C13H18BrN3O3S. The van der Waals surface area contributed by atoms with E-state index >= 15 is 0 Å². The molecule has 0 bridgehead atoms. The lowest BCUT2D eigenvalue weighted by atomic mass is 10.0. The Morgan fingerprint density at radius 2 is 2.19 bits per heavy atom. The van der Waals surface area contributed by atoms with Crippen LogP contribution in [0.3, 0.4) is 0 Å². The van der Waals surface area contributed by atoms with Crippen molar-refractivity contribution in [2.75, 3.05) is 18.4 Å². The molecule has 21 heavy (non-hydrogen) atoms. The Bertz CT molecular complexity index is 648. The minimum Gasteiger partial charge on any atom is -0.324 e. The van der Waals surface area contributed by atoms with Gasteiger partial charge in [0.25, 0.3) is 0 Å². The van der Waals surface area contributed by atoms with Crippen molar-refractivity contribution in [3.05, 3.63) is 22.7 Å². The van der Waals surface area contributed by atoms with Crippen LogP contribution >= 0.6 is 15.9 Å². The summed E-state index contributed by atoms with van der Waals surface area (Å²) in [5.41, 5.74) is 0.519. The van der Waals surface area contributed by atoms with E-state index in [0.717, 1.165) is 25.9 Å². The molecule has 6 nitrogen and oxygen atoms in total. The molecule has 1 aromatic rings. The number of sulfonamides is 1. The maximum atomic E-state index is 12.2. The zero-order chi connectivity index (χ0) is 15.6. The van der Waals surface area contributed by atoms with Gasteiger partial charge in [0, 0.05) is 17.6 Å². The SMILES string of the molecule is CC1CCCN(C(=O)Nc2ccc(S(N)(=O)=O)cc2Br)C1. The van der Waals surface area contributed by atoms with Crippen LogP contribution in [0.4, 0.5) is 10.5 Å². The number of nitrogens with two attached hydrogens (primary N) is 1. The molecule has 2 rings (SSSR count). The number of nitrogens with zero attached hydrogens (tertiary/aromatic N) is 1. The zero-order valence-corrected chi connectivity index (χ0v) is 14.1. The molecule has 0 radical (unpaired) electrons. The molecule has 1 unspecified atom stereocenters. The van der Waals surface area contributed by atoms with Crippen molar-refractivity contribution in [1.82, 2.24) is 4.90 Å². The third-order valence-electron chi connectivity index (χ3n) is 3.45. The summed E-state index contributed by atoms with van der Waals surface area (Å²) >= 11 is 3.25. The average Bonchev–Trinajstić information content (AvgIpc) is 2.39. The first kappa shape index (κ1) is 16.3. The predicted octanol–water partition coefficient (Wildman–Crippen LogP) is 2.36. The molecule has 116 valence electrons. The van der Waals surface area contributed by atoms with E-state index in [0.29, 0.717) is 16.1 Å². The first-order valence-electron chi connectivity index (χ1n) is 6.65. The topological polar surface area (TPSA) is 92.5 Å². The summed E-state index contributed by atoms with van der Waals surface area (Å²) in [5, 5.41) is 7.85. The molecule has 1 atom stereocenters. The molecule has 0 aromatic heterocycles. The van der Waals surface area contributed by atoms with Crippen LogP contribution in [0, 0.1) is 5.92 Å². The smallest absolute Gasteiger partial charge is 0.321 e. The molecule has 1 aliphatic rings. The largest absolute Gasteiger partial charge is 0.324 e. The van der Waals surface area contributed by atoms with E-state index in [1.54, 1.807) is 4.90 Å². The highest BCUT2D eigenvalue weighted by atomic mass is 79.9. The molecule has 0 spiro atoms. The molecule has 2 amide bonds. The number of rotatable bonds is 2. The van der Waals surface area contributed by atoms with Crippen LogP contribution in [0.2, 0.25) is 0 Å². The summed E-state index contributed by atoms with van der Waals surface area (Å²) in [6, 6.07) is 4.10. The van der Waals surface area contributed by atoms with Gasteiger partial charge in [-0.05, 0) is 52.9 Å². The molecule has 1 fully saturated rings. The first-order valence-corrected chi connectivity index (χ1v) is 8.99. The number of nitrogens with one attached hydrogen (secondary N) is 1.